The second kappa shape index (κ2) is 10.3. The largest absolute Gasteiger partial charge is 0.326 e. The van der Waals surface area contributed by atoms with E-state index >= 15 is 0 Å². The van der Waals surface area contributed by atoms with Gasteiger partial charge >= 0.3 is 0 Å². The van der Waals surface area contributed by atoms with Crippen molar-refractivity contribution in [3.05, 3.63) is 131 Å². The molecule has 44 heavy (non-hydrogen) atoms. The zero-order chi connectivity index (χ0) is 30.8. The number of benzene rings is 4. The van der Waals surface area contributed by atoms with E-state index in [-0.39, 0.29) is 12.3 Å². The van der Waals surface area contributed by atoms with Crippen LogP contribution in [0.5, 0.6) is 0 Å². The SMILES string of the molecule is CC(=O)Nc1ccc(NC(=O)[C@H](Cc2ccccc2)N2C(=O)[C@@H]3[C@@H](C2=O)C2(Cl)c4ccccc4C3(Cl)c3ccccc32)cc1. The normalized spacial score (nSPS) is 25.1. The van der Waals surface area contributed by atoms with Gasteiger partial charge in [0.25, 0.3) is 0 Å². The van der Waals surface area contributed by atoms with Crippen LogP contribution in [-0.2, 0) is 35.3 Å². The zero-order valence-corrected chi connectivity index (χ0v) is 25.1. The highest BCUT2D eigenvalue weighted by Gasteiger charge is 2.73. The van der Waals surface area contributed by atoms with Crippen molar-refractivity contribution in [2.45, 2.75) is 29.1 Å². The maximum atomic E-state index is 14.6. The van der Waals surface area contributed by atoms with Gasteiger partial charge in [0.2, 0.25) is 23.6 Å². The fourth-order valence-electron chi connectivity index (χ4n) is 7.20. The molecule has 1 heterocycles. The van der Waals surface area contributed by atoms with Crippen molar-refractivity contribution in [2.24, 2.45) is 11.8 Å². The molecule has 2 bridgehead atoms. The molecule has 3 aliphatic carbocycles. The van der Waals surface area contributed by atoms with E-state index in [9.17, 15) is 19.2 Å². The minimum absolute atomic E-state index is 0.0953. The molecule has 0 spiro atoms. The van der Waals surface area contributed by atoms with Gasteiger partial charge in [0, 0.05) is 24.7 Å². The minimum Gasteiger partial charge on any atom is -0.326 e. The van der Waals surface area contributed by atoms with Gasteiger partial charge in [-0.15, -0.1) is 23.2 Å². The summed E-state index contributed by atoms with van der Waals surface area (Å²) in [7, 11) is 0. The van der Waals surface area contributed by atoms with E-state index < -0.39 is 45.3 Å². The minimum atomic E-state index is -1.34. The number of nitrogens with zero attached hydrogens (tertiary/aromatic N) is 1. The Morgan fingerprint density at radius 1 is 0.682 bits per heavy atom. The molecule has 0 unspecified atom stereocenters. The maximum absolute atomic E-state index is 14.6. The highest BCUT2D eigenvalue weighted by molar-refractivity contribution is 6.36. The average Bonchev–Trinajstić information content (AvgIpc) is 3.30. The molecule has 2 N–H and O–H groups in total. The average molecular weight is 625 g/mol. The molecule has 4 aromatic carbocycles. The van der Waals surface area contributed by atoms with Crippen LogP contribution in [0.4, 0.5) is 11.4 Å². The number of likely N-dealkylation sites (tertiary alicyclic amines) is 1. The van der Waals surface area contributed by atoms with E-state index in [0.29, 0.717) is 33.6 Å². The molecule has 220 valence electrons. The standard InChI is InChI=1S/C35H27Cl2N3O4/c1-20(41)38-22-15-17-23(18-16-22)39-31(42)28(19-21-9-3-2-4-10-21)40-32(43)29-30(33(40)44)35(37)25-12-6-5-11-24(25)34(29,36)26-13-7-8-14-27(26)35/h2-18,28-30H,19H2,1H3,(H,38,41)(H,39,42)/t28-,29-,30-,34?,35?/m0/s1. The molecule has 4 aromatic rings. The van der Waals surface area contributed by atoms with Crippen molar-refractivity contribution < 1.29 is 19.2 Å². The summed E-state index contributed by atoms with van der Waals surface area (Å²) >= 11 is 15.2. The molecular formula is C35H27Cl2N3O4. The Balaban J connectivity index is 1.31. The van der Waals surface area contributed by atoms with Crippen LogP contribution in [0.15, 0.2) is 103 Å². The first-order valence-corrected chi connectivity index (χ1v) is 15.1. The van der Waals surface area contributed by atoms with E-state index in [0.717, 1.165) is 10.5 Å². The van der Waals surface area contributed by atoms with Crippen LogP contribution in [0, 0.1) is 11.8 Å². The topological polar surface area (TPSA) is 95.6 Å². The monoisotopic (exact) mass is 623 g/mol. The maximum Gasteiger partial charge on any atom is 0.248 e. The predicted octanol–water partition coefficient (Wildman–Crippen LogP) is 5.79. The number of hydrogen-bond acceptors (Lipinski definition) is 4. The number of carbonyl (C=O) groups is 4. The lowest BCUT2D eigenvalue weighted by Crippen LogP contribution is -2.57. The summed E-state index contributed by atoms with van der Waals surface area (Å²) in [6.07, 6.45) is 0.0953. The molecule has 9 heteroatoms. The highest BCUT2D eigenvalue weighted by atomic mass is 35.5. The molecule has 8 rings (SSSR count). The molecule has 1 fully saturated rings. The van der Waals surface area contributed by atoms with E-state index in [4.69, 9.17) is 23.2 Å². The summed E-state index contributed by atoms with van der Waals surface area (Å²) in [5.74, 6) is -3.83. The summed E-state index contributed by atoms with van der Waals surface area (Å²) in [6.45, 7) is 1.41. The molecule has 4 aliphatic rings. The quantitative estimate of drug-likeness (QED) is 0.210. The van der Waals surface area contributed by atoms with Crippen LogP contribution in [0.25, 0.3) is 0 Å². The third-order valence-electron chi connectivity index (χ3n) is 8.98. The van der Waals surface area contributed by atoms with Crippen molar-refractivity contribution in [1.29, 1.82) is 0 Å². The van der Waals surface area contributed by atoms with Gasteiger partial charge in [0.05, 0.1) is 11.8 Å². The van der Waals surface area contributed by atoms with Gasteiger partial charge in [-0.25, -0.2) is 0 Å². The van der Waals surface area contributed by atoms with Crippen molar-refractivity contribution >= 4 is 58.2 Å². The van der Waals surface area contributed by atoms with Crippen molar-refractivity contribution in [1.82, 2.24) is 4.90 Å². The summed E-state index contributed by atoms with van der Waals surface area (Å²) < 4.78 is 0. The third kappa shape index (κ3) is 4.03. The first kappa shape index (κ1) is 28.3. The van der Waals surface area contributed by atoms with E-state index in [1.807, 2.05) is 78.9 Å². The lowest BCUT2D eigenvalue weighted by molar-refractivity contribution is -0.146. The molecule has 3 atom stereocenters. The molecule has 1 saturated heterocycles. The first-order chi connectivity index (χ1) is 21.2. The van der Waals surface area contributed by atoms with Crippen LogP contribution in [0.3, 0.4) is 0 Å². The van der Waals surface area contributed by atoms with Crippen LogP contribution >= 0.6 is 23.2 Å². The number of nitrogens with one attached hydrogen (secondary N) is 2. The lowest BCUT2D eigenvalue weighted by atomic mass is 9.54. The summed E-state index contributed by atoms with van der Waals surface area (Å²) in [4.78, 5) is 53.0. The van der Waals surface area contributed by atoms with Crippen LogP contribution in [0.2, 0.25) is 0 Å². The van der Waals surface area contributed by atoms with E-state index in [2.05, 4.69) is 10.6 Å². The molecule has 0 aromatic heterocycles. The summed E-state index contributed by atoms with van der Waals surface area (Å²) in [6, 6.07) is 29.5. The van der Waals surface area contributed by atoms with Crippen LogP contribution in [-0.4, -0.2) is 34.6 Å². The number of amides is 4. The Morgan fingerprint density at radius 3 is 1.52 bits per heavy atom. The molecule has 0 radical (unpaired) electrons. The number of halogens is 2. The Kier molecular flexibility index (Phi) is 6.64. The molecule has 0 saturated carbocycles. The van der Waals surface area contributed by atoms with Gasteiger partial charge in [-0.3, -0.25) is 24.1 Å². The van der Waals surface area contributed by atoms with Crippen molar-refractivity contribution in [3.63, 3.8) is 0 Å². The highest BCUT2D eigenvalue weighted by Crippen LogP contribution is 2.69. The van der Waals surface area contributed by atoms with Gasteiger partial charge in [-0.1, -0.05) is 78.9 Å². The number of imide groups is 1. The Morgan fingerprint density at radius 2 is 1.09 bits per heavy atom. The number of carbonyl (C=O) groups excluding carboxylic acids is 4. The van der Waals surface area contributed by atoms with Gasteiger partial charge in [-0.2, -0.15) is 0 Å². The first-order valence-electron chi connectivity index (χ1n) is 14.3. The van der Waals surface area contributed by atoms with E-state index in [1.54, 1.807) is 24.3 Å². The fraction of sp³-hybridized carbons (Fsp3) is 0.200. The van der Waals surface area contributed by atoms with Crippen molar-refractivity contribution in [3.8, 4) is 0 Å². The number of alkyl halides is 2. The van der Waals surface area contributed by atoms with Crippen LogP contribution in [0.1, 0.15) is 34.7 Å². The van der Waals surface area contributed by atoms with Gasteiger partial charge < -0.3 is 10.6 Å². The Bertz CT molecular complexity index is 1720. The second-order valence-corrected chi connectivity index (χ2v) is 12.7. The van der Waals surface area contributed by atoms with E-state index in [1.165, 1.54) is 6.92 Å². The lowest BCUT2D eigenvalue weighted by Gasteiger charge is -2.54. The molecule has 7 nitrogen and oxygen atoms in total. The van der Waals surface area contributed by atoms with Gasteiger partial charge in [0.15, 0.2) is 0 Å². The predicted molar refractivity (Wildman–Crippen MR) is 168 cm³/mol. The second-order valence-electron chi connectivity index (χ2n) is 11.5. The third-order valence-corrected chi connectivity index (χ3v) is 10.3. The Labute approximate surface area is 264 Å². The smallest absolute Gasteiger partial charge is 0.248 e. The van der Waals surface area contributed by atoms with Crippen molar-refractivity contribution in [2.75, 3.05) is 10.6 Å². The summed E-state index contributed by atoms with van der Waals surface area (Å²) in [5, 5.41) is 5.56. The Hall–Kier alpha value is -4.46. The summed E-state index contributed by atoms with van der Waals surface area (Å²) in [5.41, 5.74) is 4.58. The fourth-order valence-corrected chi connectivity index (χ4v) is 8.30. The van der Waals surface area contributed by atoms with Gasteiger partial charge in [-0.05, 0) is 52.1 Å². The molecule has 4 amide bonds. The number of hydrogen-bond donors (Lipinski definition) is 2. The molecular weight excluding hydrogens is 597 g/mol. The number of anilines is 2. The zero-order valence-electron chi connectivity index (χ0n) is 23.6. The molecule has 1 aliphatic heterocycles. The van der Waals surface area contributed by atoms with Crippen LogP contribution < -0.4 is 10.6 Å². The van der Waals surface area contributed by atoms with Gasteiger partial charge in [0.1, 0.15) is 15.8 Å². The number of rotatable bonds is 6.